The van der Waals surface area contributed by atoms with Crippen LogP contribution in [0.15, 0.2) is 48.5 Å². The molecule has 0 aromatic heterocycles. The molecule has 0 radical (unpaired) electrons. The molecule has 6 heteroatoms. The van der Waals surface area contributed by atoms with E-state index in [1.165, 1.54) is 13.2 Å². The Morgan fingerprint density at radius 2 is 1.77 bits per heavy atom. The second-order valence-electron chi connectivity index (χ2n) is 4.59. The third-order valence-electron chi connectivity index (χ3n) is 3.18. The zero-order valence-corrected chi connectivity index (χ0v) is 12.2. The van der Waals surface area contributed by atoms with E-state index in [4.69, 9.17) is 9.47 Å². The van der Waals surface area contributed by atoms with Crippen molar-refractivity contribution in [3.8, 4) is 5.75 Å². The van der Waals surface area contributed by atoms with Crippen LogP contribution in [-0.2, 0) is 4.74 Å². The predicted octanol–water partition coefficient (Wildman–Crippen LogP) is 3.52. The number of nitrogens with zero attached hydrogens (tertiary/aromatic N) is 1. The lowest BCUT2D eigenvalue weighted by molar-refractivity contribution is -0.386. The number of hydrogen-bond acceptors (Lipinski definition) is 5. The maximum absolute atomic E-state index is 12.1. The lowest BCUT2D eigenvalue weighted by Gasteiger charge is -2.14. The van der Waals surface area contributed by atoms with Gasteiger partial charge in [0.15, 0.2) is 0 Å². The molecular weight excluding hydrogens is 286 g/mol. The monoisotopic (exact) mass is 301 g/mol. The summed E-state index contributed by atoms with van der Waals surface area (Å²) in [5.41, 5.74) is 0.637. The fourth-order valence-electron chi connectivity index (χ4n) is 2.02. The van der Waals surface area contributed by atoms with Crippen LogP contribution in [0.5, 0.6) is 5.75 Å². The van der Waals surface area contributed by atoms with Gasteiger partial charge in [-0.15, -0.1) is 0 Å². The van der Waals surface area contributed by atoms with Crippen LogP contribution in [0, 0.1) is 10.1 Å². The smallest absolute Gasteiger partial charge is 0.338 e. The highest BCUT2D eigenvalue weighted by Gasteiger charge is 2.21. The minimum atomic E-state index is -0.726. The van der Waals surface area contributed by atoms with E-state index in [2.05, 4.69) is 0 Å². The molecule has 0 N–H and O–H groups in total. The summed E-state index contributed by atoms with van der Waals surface area (Å²) in [7, 11) is 1.53. The maximum Gasteiger partial charge on any atom is 0.338 e. The van der Waals surface area contributed by atoms with Crippen molar-refractivity contribution in [2.75, 3.05) is 7.11 Å². The van der Waals surface area contributed by atoms with E-state index < -0.39 is 17.0 Å². The average Bonchev–Trinajstić information content (AvgIpc) is 2.54. The molecule has 0 saturated carbocycles. The Morgan fingerprint density at radius 1 is 1.14 bits per heavy atom. The molecule has 22 heavy (non-hydrogen) atoms. The van der Waals surface area contributed by atoms with E-state index in [0.717, 1.165) is 0 Å². The van der Waals surface area contributed by atoms with Crippen LogP contribution in [0.25, 0.3) is 0 Å². The average molecular weight is 301 g/mol. The minimum absolute atomic E-state index is 0.0717. The van der Waals surface area contributed by atoms with Gasteiger partial charge < -0.3 is 9.47 Å². The molecule has 2 aromatic carbocycles. The third kappa shape index (κ3) is 3.41. The summed E-state index contributed by atoms with van der Waals surface area (Å²) >= 11 is 0. The number of para-hydroxylation sites is 1. The zero-order chi connectivity index (χ0) is 16.1. The Labute approximate surface area is 127 Å². The van der Waals surface area contributed by atoms with Gasteiger partial charge in [0.2, 0.25) is 0 Å². The van der Waals surface area contributed by atoms with E-state index in [1.54, 1.807) is 49.4 Å². The first-order valence-corrected chi connectivity index (χ1v) is 6.61. The minimum Gasteiger partial charge on any atom is -0.497 e. The normalized spacial score (nSPS) is 11.5. The Bertz CT molecular complexity index is 681. The van der Waals surface area contributed by atoms with Crippen LogP contribution in [0.2, 0.25) is 0 Å². The number of nitro groups is 1. The Balaban J connectivity index is 2.15. The van der Waals surface area contributed by atoms with Gasteiger partial charge >= 0.3 is 5.97 Å². The van der Waals surface area contributed by atoms with Crippen molar-refractivity contribution in [3.05, 3.63) is 69.8 Å². The van der Waals surface area contributed by atoms with Gasteiger partial charge in [-0.2, -0.15) is 0 Å². The second kappa shape index (κ2) is 6.71. The largest absolute Gasteiger partial charge is 0.497 e. The maximum atomic E-state index is 12.1. The molecule has 0 fully saturated rings. The van der Waals surface area contributed by atoms with Gasteiger partial charge in [0, 0.05) is 6.07 Å². The number of benzene rings is 2. The van der Waals surface area contributed by atoms with E-state index in [0.29, 0.717) is 16.9 Å². The van der Waals surface area contributed by atoms with E-state index in [9.17, 15) is 14.9 Å². The van der Waals surface area contributed by atoms with Crippen LogP contribution < -0.4 is 4.74 Å². The molecule has 1 unspecified atom stereocenters. The molecule has 1 atom stereocenters. The highest BCUT2D eigenvalue weighted by molar-refractivity contribution is 5.89. The van der Waals surface area contributed by atoms with Crippen molar-refractivity contribution in [2.24, 2.45) is 0 Å². The van der Waals surface area contributed by atoms with Crippen molar-refractivity contribution >= 4 is 11.7 Å². The molecule has 114 valence electrons. The first-order chi connectivity index (χ1) is 10.5. The summed E-state index contributed by atoms with van der Waals surface area (Å²) in [6, 6.07) is 12.6. The molecule has 0 saturated heterocycles. The van der Waals surface area contributed by atoms with Gasteiger partial charge in [0.05, 0.1) is 23.2 Å². The summed E-state index contributed by atoms with van der Waals surface area (Å²) in [6.45, 7) is 1.60. The molecular formula is C16H15NO5. The zero-order valence-electron chi connectivity index (χ0n) is 12.2. The highest BCUT2D eigenvalue weighted by Crippen LogP contribution is 2.27. The topological polar surface area (TPSA) is 78.7 Å². The molecule has 6 nitrogen and oxygen atoms in total. The first-order valence-electron chi connectivity index (χ1n) is 6.61. The lowest BCUT2D eigenvalue weighted by atomic mass is 10.1. The summed E-state index contributed by atoms with van der Waals surface area (Å²) in [6.07, 6.45) is -0.726. The van der Waals surface area contributed by atoms with Crippen molar-refractivity contribution in [1.82, 2.24) is 0 Å². The number of esters is 1. The number of methoxy groups -OCH3 is 1. The molecule has 0 aliphatic heterocycles. The van der Waals surface area contributed by atoms with Crippen LogP contribution in [0.1, 0.15) is 28.9 Å². The molecule has 0 amide bonds. The number of ether oxygens (including phenoxy) is 2. The fraction of sp³-hybridized carbons (Fsp3) is 0.188. The van der Waals surface area contributed by atoms with E-state index in [1.807, 2.05) is 0 Å². The number of nitro benzene ring substituents is 1. The molecule has 0 aliphatic carbocycles. The van der Waals surface area contributed by atoms with Crippen LogP contribution in [0.4, 0.5) is 5.69 Å². The quantitative estimate of drug-likeness (QED) is 0.479. The standard InChI is InChI=1S/C16H15NO5/c1-11(14-5-3-4-6-15(14)17(19)20)22-16(18)12-7-9-13(21-2)10-8-12/h3-11H,1-2H3. The fourth-order valence-corrected chi connectivity index (χ4v) is 2.02. The van der Waals surface area contributed by atoms with Crippen LogP contribution >= 0.6 is 0 Å². The lowest BCUT2D eigenvalue weighted by Crippen LogP contribution is -2.10. The SMILES string of the molecule is COc1ccc(C(=O)OC(C)c2ccccc2[N+](=O)[O-])cc1. The van der Waals surface area contributed by atoms with E-state index >= 15 is 0 Å². The van der Waals surface area contributed by atoms with Crippen molar-refractivity contribution in [2.45, 2.75) is 13.0 Å². The van der Waals surface area contributed by atoms with Gasteiger partial charge in [-0.3, -0.25) is 10.1 Å². The number of carbonyl (C=O) groups is 1. The number of carbonyl (C=O) groups excluding carboxylic acids is 1. The predicted molar refractivity (Wildman–Crippen MR) is 79.9 cm³/mol. The molecule has 0 aliphatic rings. The van der Waals surface area contributed by atoms with Crippen LogP contribution in [0.3, 0.4) is 0 Å². The summed E-state index contributed by atoms with van der Waals surface area (Å²) in [4.78, 5) is 22.6. The molecule has 0 bridgehead atoms. The Hall–Kier alpha value is -2.89. The first kappa shape index (κ1) is 15.5. The third-order valence-corrected chi connectivity index (χ3v) is 3.18. The van der Waals surface area contributed by atoms with Gasteiger partial charge in [-0.25, -0.2) is 4.79 Å². The van der Waals surface area contributed by atoms with Crippen LogP contribution in [-0.4, -0.2) is 18.0 Å². The summed E-state index contributed by atoms with van der Waals surface area (Å²) in [5.74, 6) is 0.0802. The van der Waals surface area contributed by atoms with Gasteiger partial charge in [-0.05, 0) is 37.3 Å². The second-order valence-corrected chi connectivity index (χ2v) is 4.59. The van der Waals surface area contributed by atoms with Gasteiger partial charge in [0.25, 0.3) is 5.69 Å². The molecule has 0 spiro atoms. The molecule has 2 aromatic rings. The van der Waals surface area contributed by atoms with Crippen molar-refractivity contribution in [1.29, 1.82) is 0 Å². The van der Waals surface area contributed by atoms with Crippen molar-refractivity contribution in [3.63, 3.8) is 0 Å². The highest BCUT2D eigenvalue weighted by atomic mass is 16.6. The summed E-state index contributed by atoms with van der Waals surface area (Å²) in [5, 5.41) is 11.0. The molecule has 0 heterocycles. The Kier molecular flexibility index (Phi) is 4.73. The number of hydrogen-bond donors (Lipinski definition) is 0. The molecule has 2 rings (SSSR count). The van der Waals surface area contributed by atoms with Gasteiger partial charge in [-0.1, -0.05) is 12.1 Å². The number of rotatable bonds is 5. The summed E-state index contributed by atoms with van der Waals surface area (Å²) < 4.78 is 10.3. The van der Waals surface area contributed by atoms with Crippen molar-refractivity contribution < 1.29 is 19.2 Å². The van der Waals surface area contributed by atoms with Gasteiger partial charge in [0.1, 0.15) is 11.9 Å². The van der Waals surface area contributed by atoms with E-state index in [-0.39, 0.29) is 5.69 Å². The Morgan fingerprint density at radius 3 is 2.36 bits per heavy atom.